The van der Waals surface area contributed by atoms with Gasteiger partial charge in [0.1, 0.15) is 0 Å². The molecule has 106 valence electrons. The van der Waals surface area contributed by atoms with E-state index in [1.807, 2.05) is 0 Å². The van der Waals surface area contributed by atoms with Crippen LogP contribution in [0.2, 0.25) is 0 Å². The Morgan fingerprint density at radius 1 is 1.37 bits per heavy atom. The Kier molecular flexibility index (Phi) is 5.69. The molecule has 0 aromatic heterocycles. The van der Waals surface area contributed by atoms with Gasteiger partial charge in [0, 0.05) is 20.1 Å². The zero-order chi connectivity index (χ0) is 14.4. The highest BCUT2D eigenvalue weighted by molar-refractivity contribution is 5.77. The van der Waals surface area contributed by atoms with E-state index in [0.29, 0.717) is 18.7 Å². The molecule has 0 heterocycles. The molecule has 0 saturated carbocycles. The highest BCUT2D eigenvalue weighted by Gasteiger charge is 2.15. The number of halogens is 2. The summed E-state index contributed by atoms with van der Waals surface area (Å²) in [5, 5.41) is 2.80. The Morgan fingerprint density at radius 2 is 1.95 bits per heavy atom. The third kappa shape index (κ3) is 4.17. The van der Waals surface area contributed by atoms with Crippen molar-refractivity contribution in [3.63, 3.8) is 0 Å². The fourth-order valence-electron chi connectivity index (χ4n) is 1.48. The van der Waals surface area contributed by atoms with Gasteiger partial charge in [-0.3, -0.25) is 4.79 Å². The SMILES string of the molecule is CCN(C)C(=O)COc1c(F)cc(CNC)cc1F. The van der Waals surface area contributed by atoms with Gasteiger partial charge in [0.2, 0.25) is 0 Å². The van der Waals surface area contributed by atoms with Crippen LogP contribution in [0.15, 0.2) is 12.1 Å². The van der Waals surface area contributed by atoms with Gasteiger partial charge < -0.3 is 15.0 Å². The molecule has 19 heavy (non-hydrogen) atoms. The summed E-state index contributed by atoms with van der Waals surface area (Å²) < 4.78 is 32.2. The van der Waals surface area contributed by atoms with Crippen molar-refractivity contribution in [2.24, 2.45) is 0 Å². The van der Waals surface area contributed by atoms with Crippen molar-refractivity contribution in [2.75, 3.05) is 27.2 Å². The van der Waals surface area contributed by atoms with Crippen molar-refractivity contribution in [1.29, 1.82) is 0 Å². The predicted molar refractivity (Wildman–Crippen MR) is 67.9 cm³/mol. The van der Waals surface area contributed by atoms with Crippen LogP contribution < -0.4 is 10.1 Å². The molecule has 0 fully saturated rings. The summed E-state index contributed by atoms with van der Waals surface area (Å²) in [6.07, 6.45) is 0. The van der Waals surface area contributed by atoms with Gasteiger partial charge in [-0.25, -0.2) is 8.78 Å². The van der Waals surface area contributed by atoms with Crippen molar-refractivity contribution in [3.8, 4) is 5.75 Å². The molecule has 4 nitrogen and oxygen atoms in total. The quantitative estimate of drug-likeness (QED) is 0.854. The van der Waals surface area contributed by atoms with Crippen LogP contribution in [0.25, 0.3) is 0 Å². The average molecular weight is 272 g/mol. The van der Waals surface area contributed by atoms with Crippen LogP contribution >= 0.6 is 0 Å². The molecule has 1 N–H and O–H groups in total. The maximum absolute atomic E-state index is 13.7. The third-order valence-corrected chi connectivity index (χ3v) is 2.68. The molecule has 0 bridgehead atoms. The smallest absolute Gasteiger partial charge is 0.260 e. The summed E-state index contributed by atoms with van der Waals surface area (Å²) >= 11 is 0. The first-order valence-corrected chi connectivity index (χ1v) is 5.98. The Bertz CT molecular complexity index is 429. The minimum Gasteiger partial charge on any atom is -0.478 e. The standard InChI is InChI=1S/C13H18F2N2O2/c1-4-17(3)12(18)8-19-13-10(14)5-9(7-16-2)6-11(13)15/h5-6,16H,4,7-8H2,1-3H3. The summed E-state index contributed by atoms with van der Waals surface area (Å²) in [6.45, 7) is 2.27. The lowest BCUT2D eigenvalue weighted by molar-refractivity contribution is -0.131. The Morgan fingerprint density at radius 3 is 2.42 bits per heavy atom. The Hall–Kier alpha value is -1.69. The van der Waals surface area contributed by atoms with Gasteiger partial charge in [-0.05, 0) is 31.7 Å². The van der Waals surface area contributed by atoms with Crippen LogP contribution in [-0.2, 0) is 11.3 Å². The number of ether oxygens (including phenoxy) is 1. The second kappa shape index (κ2) is 7.04. The Labute approximate surface area is 111 Å². The molecule has 6 heteroatoms. The molecule has 0 atom stereocenters. The maximum atomic E-state index is 13.7. The van der Waals surface area contributed by atoms with Crippen LogP contribution in [-0.4, -0.2) is 38.1 Å². The van der Waals surface area contributed by atoms with Crippen molar-refractivity contribution in [2.45, 2.75) is 13.5 Å². The number of hydrogen-bond acceptors (Lipinski definition) is 3. The van der Waals surface area contributed by atoms with E-state index >= 15 is 0 Å². The maximum Gasteiger partial charge on any atom is 0.260 e. The van der Waals surface area contributed by atoms with E-state index in [1.54, 1.807) is 21.0 Å². The van der Waals surface area contributed by atoms with Crippen LogP contribution in [0.4, 0.5) is 8.78 Å². The fraction of sp³-hybridized carbons (Fsp3) is 0.462. The molecule has 0 aliphatic rings. The van der Waals surface area contributed by atoms with Crippen LogP contribution in [0.3, 0.4) is 0 Å². The number of carbonyl (C=O) groups excluding carboxylic acids is 1. The van der Waals surface area contributed by atoms with E-state index in [2.05, 4.69) is 5.32 Å². The molecule has 1 aromatic rings. The van der Waals surface area contributed by atoms with Crippen LogP contribution in [0, 0.1) is 11.6 Å². The second-order valence-corrected chi connectivity index (χ2v) is 4.12. The van der Waals surface area contributed by atoms with Crippen LogP contribution in [0.5, 0.6) is 5.75 Å². The topological polar surface area (TPSA) is 41.6 Å². The molecule has 0 unspecified atom stereocenters. The molecule has 0 aliphatic heterocycles. The predicted octanol–water partition coefficient (Wildman–Crippen LogP) is 1.54. The minimum atomic E-state index is -0.808. The summed E-state index contributed by atoms with van der Waals surface area (Å²) in [5.41, 5.74) is 0.474. The second-order valence-electron chi connectivity index (χ2n) is 4.12. The third-order valence-electron chi connectivity index (χ3n) is 2.68. The van der Waals surface area contributed by atoms with Crippen molar-refractivity contribution in [1.82, 2.24) is 10.2 Å². The zero-order valence-corrected chi connectivity index (χ0v) is 11.3. The number of nitrogens with zero attached hydrogens (tertiary/aromatic N) is 1. The summed E-state index contributed by atoms with van der Waals surface area (Å²) in [4.78, 5) is 12.9. The lowest BCUT2D eigenvalue weighted by atomic mass is 10.2. The first-order valence-electron chi connectivity index (χ1n) is 5.98. The largest absolute Gasteiger partial charge is 0.478 e. The molecular weight excluding hydrogens is 254 g/mol. The van der Waals surface area contributed by atoms with E-state index < -0.39 is 17.4 Å². The molecule has 1 amide bonds. The van der Waals surface area contributed by atoms with E-state index in [4.69, 9.17) is 4.74 Å². The molecule has 1 rings (SSSR count). The summed E-state index contributed by atoms with van der Waals surface area (Å²) in [7, 11) is 3.27. The van der Waals surface area contributed by atoms with E-state index in [1.165, 1.54) is 17.0 Å². The van der Waals surface area contributed by atoms with Gasteiger partial charge in [0.15, 0.2) is 24.0 Å². The highest BCUT2D eigenvalue weighted by atomic mass is 19.1. The lowest BCUT2D eigenvalue weighted by Gasteiger charge is -2.15. The number of amides is 1. The van der Waals surface area contributed by atoms with Gasteiger partial charge in [-0.1, -0.05) is 0 Å². The van der Waals surface area contributed by atoms with E-state index in [9.17, 15) is 13.6 Å². The van der Waals surface area contributed by atoms with Crippen molar-refractivity contribution in [3.05, 3.63) is 29.3 Å². The molecular formula is C13H18F2N2O2. The van der Waals surface area contributed by atoms with E-state index in [-0.39, 0.29) is 12.5 Å². The first-order chi connectivity index (χ1) is 8.99. The summed E-state index contributed by atoms with van der Waals surface area (Å²) in [5.74, 6) is -2.47. The number of nitrogens with one attached hydrogen (secondary N) is 1. The number of rotatable bonds is 6. The normalized spacial score (nSPS) is 10.4. The van der Waals surface area contributed by atoms with Crippen LogP contribution in [0.1, 0.15) is 12.5 Å². The summed E-state index contributed by atoms with van der Waals surface area (Å²) in [6, 6.07) is 2.37. The van der Waals surface area contributed by atoms with E-state index in [0.717, 1.165) is 0 Å². The van der Waals surface area contributed by atoms with Crippen molar-refractivity contribution < 1.29 is 18.3 Å². The molecule has 0 aliphatic carbocycles. The number of benzene rings is 1. The molecule has 1 aromatic carbocycles. The van der Waals surface area contributed by atoms with Gasteiger partial charge in [0.05, 0.1) is 0 Å². The monoisotopic (exact) mass is 272 g/mol. The highest BCUT2D eigenvalue weighted by Crippen LogP contribution is 2.23. The zero-order valence-electron chi connectivity index (χ0n) is 11.3. The lowest BCUT2D eigenvalue weighted by Crippen LogP contribution is -2.31. The molecule has 0 spiro atoms. The molecule has 0 radical (unpaired) electrons. The fourth-order valence-corrected chi connectivity index (χ4v) is 1.48. The van der Waals surface area contributed by atoms with Gasteiger partial charge in [-0.15, -0.1) is 0 Å². The van der Waals surface area contributed by atoms with Gasteiger partial charge >= 0.3 is 0 Å². The van der Waals surface area contributed by atoms with Crippen molar-refractivity contribution >= 4 is 5.91 Å². The number of hydrogen-bond donors (Lipinski definition) is 1. The minimum absolute atomic E-state index is 0.333. The number of carbonyl (C=O) groups is 1. The Balaban J connectivity index is 2.76. The van der Waals surface area contributed by atoms with Gasteiger partial charge in [0.25, 0.3) is 5.91 Å². The average Bonchev–Trinajstić information content (AvgIpc) is 2.36. The first kappa shape index (κ1) is 15.4. The number of likely N-dealkylation sites (N-methyl/N-ethyl adjacent to an activating group) is 1. The molecule has 0 saturated heterocycles. The van der Waals surface area contributed by atoms with Gasteiger partial charge in [-0.2, -0.15) is 0 Å².